The van der Waals surface area contributed by atoms with Crippen molar-refractivity contribution >= 4 is 12.2 Å². The van der Waals surface area contributed by atoms with Crippen molar-refractivity contribution in [3.8, 4) is 5.75 Å². The summed E-state index contributed by atoms with van der Waals surface area (Å²) >= 11 is 0. The highest BCUT2D eigenvalue weighted by molar-refractivity contribution is 5.98. The van der Waals surface area contributed by atoms with Gasteiger partial charge in [-0.3, -0.25) is 4.79 Å². The summed E-state index contributed by atoms with van der Waals surface area (Å²) in [5.74, 6) is 0.881. The Bertz CT molecular complexity index is 533. The molecule has 4 nitrogen and oxygen atoms in total. The molecule has 1 aliphatic heterocycles. The number of benzene rings is 1. The van der Waals surface area contributed by atoms with Crippen LogP contribution in [0.15, 0.2) is 18.2 Å². The Labute approximate surface area is 118 Å². The van der Waals surface area contributed by atoms with Crippen LogP contribution >= 0.6 is 0 Å². The summed E-state index contributed by atoms with van der Waals surface area (Å²) in [4.78, 5) is 24.9. The van der Waals surface area contributed by atoms with Crippen LogP contribution in [0.3, 0.4) is 0 Å². The summed E-state index contributed by atoms with van der Waals surface area (Å²) in [7, 11) is 0. The number of carbonyl (C=O) groups is 2. The molecule has 0 aromatic heterocycles. The molecule has 1 heterocycles. The molecule has 106 valence electrons. The van der Waals surface area contributed by atoms with Gasteiger partial charge in [0.2, 0.25) is 0 Å². The first kappa shape index (κ1) is 13.2. The number of phenols is 1. The van der Waals surface area contributed by atoms with E-state index >= 15 is 0 Å². The molecule has 1 saturated carbocycles. The molecule has 0 saturated heterocycles. The second-order valence-corrected chi connectivity index (χ2v) is 5.94. The minimum atomic E-state index is 0.0217. The third-order valence-electron chi connectivity index (χ3n) is 4.53. The first-order valence-corrected chi connectivity index (χ1v) is 7.24. The maximum absolute atomic E-state index is 12.3. The van der Waals surface area contributed by atoms with E-state index < -0.39 is 0 Å². The molecule has 0 radical (unpaired) electrons. The van der Waals surface area contributed by atoms with Crippen molar-refractivity contribution < 1.29 is 14.7 Å². The van der Waals surface area contributed by atoms with Gasteiger partial charge >= 0.3 is 0 Å². The number of aldehydes is 1. The lowest BCUT2D eigenvalue weighted by Gasteiger charge is -2.29. The normalized spacial score (nSPS) is 25.6. The smallest absolute Gasteiger partial charge is 0.254 e. The van der Waals surface area contributed by atoms with E-state index in [1.165, 1.54) is 0 Å². The van der Waals surface area contributed by atoms with Crippen LogP contribution in [0.4, 0.5) is 0 Å². The SMILES string of the molecule is O=CC1CCC(CN2Cc3ccc(O)cc3C2=O)CC1. The molecule has 1 N–H and O–H groups in total. The van der Waals surface area contributed by atoms with Crippen molar-refractivity contribution in [2.24, 2.45) is 11.8 Å². The molecule has 1 aliphatic carbocycles. The molecule has 0 unspecified atom stereocenters. The van der Waals surface area contributed by atoms with Crippen LogP contribution < -0.4 is 0 Å². The quantitative estimate of drug-likeness (QED) is 0.860. The topological polar surface area (TPSA) is 57.6 Å². The molecule has 3 rings (SSSR count). The fraction of sp³-hybridized carbons (Fsp3) is 0.500. The number of hydrogen-bond donors (Lipinski definition) is 1. The fourth-order valence-electron chi connectivity index (χ4n) is 3.32. The van der Waals surface area contributed by atoms with Crippen LogP contribution in [0, 0.1) is 11.8 Å². The number of amides is 1. The fourth-order valence-corrected chi connectivity index (χ4v) is 3.32. The number of phenolic OH excluding ortho intramolecular Hbond substituents is 1. The van der Waals surface area contributed by atoms with Gasteiger partial charge in [0.05, 0.1) is 0 Å². The highest BCUT2D eigenvalue weighted by Crippen LogP contribution is 2.31. The maximum Gasteiger partial charge on any atom is 0.254 e. The largest absolute Gasteiger partial charge is 0.508 e. The summed E-state index contributed by atoms with van der Waals surface area (Å²) in [6.07, 6.45) is 5.01. The van der Waals surface area contributed by atoms with E-state index in [4.69, 9.17) is 0 Å². The minimum Gasteiger partial charge on any atom is -0.508 e. The zero-order valence-corrected chi connectivity index (χ0v) is 11.4. The molecule has 1 amide bonds. The van der Waals surface area contributed by atoms with E-state index in [0.29, 0.717) is 18.0 Å². The molecule has 0 spiro atoms. The van der Waals surface area contributed by atoms with Crippen molar-refractivity contribution in [1.29, 1.82) is 0 Å². The molecule has 0 bridgehead atoms. The summed E-state index contributed by atoms with van der Waals surface area (Å²) in [6.45, 7) is 1.40. The average Bonchev–Trinajstić information content (AvgIpc) is 2.76. The lowest BCUT2D eigenvalue weighted by Crippen LogP contribution is -2.32. The molecule has 0 atom stereocenters. The van der Waals surface area contributed by atoms with Crippen LogP contribution in [0.5, 0.6) is 5.75 Å². The standard InChI is InChI=1S/C16H19NO3/c18-10-12-3-1-11(2-4-12)8-17-9-13-5-6-14(19)7-15(13)16(17)20/h5-7,10-12,19H,1-4,8-9H2. The summed E-state index contributed by atoms with van der Waals surface area (Å²) in [5.41, 5.74) is 1.63. The van der Waals surface area contributed by atoms with Crippen LogP contribution in [-0.2, 0) is 11.3 Å². The van der Waals surface area contributed by atoms with Crippen LogP contribution in [0.2, 0.25) is 0 Å². The number of carbonyl (C=O) groups excluding carboxylic acids is 2. The van der Waals surface area contributed by atoms with Gasteiger partial charge in [0.15, 0.2) is 0 Å². The van der Waals surface area contributed by atoms with E-state index in [-0.39, 0.29) is 17.6 Å². The molecular weight excluding hydrogens is 254 g/mol. The lowest BCUT2D eigenvalue weighted by atomic mass is 9.82. The number of aromatic hydroxyl groups is 1. The zero-order valence-electron chi connectivity index (χ0n) is 11.4. The van der Waals surface area contributed by atoms with Crippen molar-refractivity contribution in [3.05, 3.63) is 29.3 Å². The van der Waals surface area contributed by atoms with Gasteiger partial charge in [-0.05, 0) is 49.3 Å². The van der Waals surface area contributed by atoms with Gasteiger partial charge < -0.3 is 14.8 Å². The summed E-state index contributed by atoms with van der Waals surface area (Å²) in [6, 6.07) is 5.01. The van der Waals surface area contributed by atoms with E-state index in [1.807, 2.05) is 11.0 Å². The molecule has 20 heavy (non-hydrogen) atoms. The van der Waals surface area contributed by atoms with Crippen LogP contribution in [-0.4, -0.2) is 28.7 Å². The van der Waals surface area contributed by atoms with E-state index in [9.17, 15) is 14.7 Å². The van der Waals surface area contributed by atoms with E-state index in [1.54, 1.807) is 12.1 Å². The van der Waals surface area contributed by atoms with Crippen LogP contribution in [0.25, 0.3) is 0 Å². The molecule has 4 heteroatoms. The maximum atomic E-state index is 12.3. The Balaban J connectivity index is 1.63. The number of rotatable bonds is 3. The van der Waals surface area contributed by atoms with E-state index in [2.05, 4.69) is 0 Å². The molecule has 1 aromatic rings. The zero-order chi connectivity index (χ0) is 14.1. The Morgan fingerprint density at radius 1 is 1.25 bits per heavy atom. The van der Waals surface area contributed by atoms with Gasteiger partial charge in [0.25, 0.3) is 5.91 Å². The van der Waals surface area contributed by atoms with Gasteiger partial charge in [-0.25, -0.2) is 0 Å². The summed E-state index contributed by atoms with van der Waals surface area (Å²) in [5, 5.41) is 9.47. The van der Waals surface area contributed by atoms with Crippen molar-refractivity contribution in [2.45, 2.75) is 32.2 Å². The summed E-state index contributed by atoms with van der Waals surface area (Å²) < 4.78 is 0. The molecule has 2 aliphatic rings. The van der Waals surface area contributed by atoms with Crippen molar-refractivity contribution in [3.63, 3.8) is 0 Å². The molecule has 1 fully saturated rings. The Kier molecular flexibility index (Phi) is 3.47. The first-order valence-electron chi connectivity index (χ1n) is 7.24. The average molecular weight is 273 g/mol. The van der Waals surface area contributed by atoms with E-state index in [0.717, 1.165) is 44.1 Å². The van der Waals surface area contributed by atoms with Gasteiger partial charge in [0, 0.05) is 24.6 Å². The number of nitrogens with zero attached hydrogens (tertiary/aromatic N) is 1. The lowest BCUT2D eigenvalue weighted by molar-refractivity contribution is -0.112. The van der Waals surface area contributed by atoms with Crippen LogP contribution in [0.1, 0.15) is 41.6 Å². The first-order chi connectivity index (χ1) is 9.67. The predicted octanol–water partition coefficient (Wildman–Crippen LogP) is 2.35. The minimum absolute atomic E-state index is 0.0217. The van der Waals surface area contributed by atoms with Gasteiger partial charge in [-0.2, -0.15) is 0 Å². The molecular formula is C16H19NO3. The highest BCUT2D eigenvalue weighted by Gasteiger charge is 2.30. The Hall–Kier alpha value is -1.84. The Morgan fingerprint density at radius 2 is 2.00 bits per heavy atom. The number of fused-ring (bicyclic) bond motifs is 1. The third kappa shape index (κ3) is 2.42. The second-order valence-electron chi connectivity index (χ2n) is 5.94. The predicted molar refractivity (Wildman–Crippen MR) is 74.4 cm³/mol. The third-order valence-corrected chi connectivity index (χ3v) is 4.53. The van der Waals surface area contributed by atoms with Gasteiger partial charge in [-0.1, -0.05) is 6.07 Å². The van der Waals surface area contributed by atoms with Gasteiger partial charge in [0.1, 0.15) is 12.0 Å². The Morgan fingerprint density at radius 3 is 2.70 bits per heavy atom. The number of hydrogen-bond acceptors (Lipinski definition) is 3. The van der Waals surface area contributed by atoms with Crippen molar-refractivity contribution in [1.82, 2.24) is 4.90 Å². The molecule has 1 aromatic carbocycles. The highest BCUT2D eigenvalue weighted by atomic mass is 16.3. The second kappa shape index (κ2) is 5.27. The van der Waals surface area contributed by atoms with Crippen molar-refractivity contribution in [2.75, 3.05) is 6.54 Å². The van der Waals surface area contributed by atoms with Gasteiger partial charge in [-0.15, -0.1) is 0 Å². The monoisotopic (exact) mass is 273 g/mol.